The van der Waals surface area contributed by atoms with Crippen molar-refractivity contribution in [3.63, 3.8) is 0 Å². The number of nitrogens with one attached hydrogen (secondary N) is 1. The van der Waals surface area contributed by atoms with Crippen LogP contribution in [0, 0.1) is 0 Å². The van der Waals surface area contributed by atoms with Crippen LogP contribution in [0.3, 0.4) is 0 Å². The summed E-state index contributed by atoms with van der Waals surface area (Å²) in [4.78, 5) is 12.3. The molecular weight excluding hydrogens is 396 g/mol. The molecule has 0 radical (unpaired) electrons. The van der Waals surface area contributed by atoms with Gasteiger partial charge < -0.3 is 14.6 Å². The van der Waals surface area contributed by atoms with Gasteiger partial charge in [-0.2, -0.15) is 0 Å². The molecule has 158 valence electrons. The van der Waals surface area contributed by atoms with E-state index in [0.717, 1.165) is 34.5 Å². The number of ether oxygens (including phenoxy) is 1. The van der Waals surface area contributed by atoms with Crippen molar-refractivity contribution in [3.05, 3.63) is 54.1 Å². The summed E-state index contributed by atoms with van der Waals surface area (Å²) in [6.07, 6.45) is 0. The normalized spacial score (nSPS) is 11.4. The third-order valence-corrected chi connectivity index (χ3v) is 5.72. The number of anilines is 1. The van der Waals surface area contributed by atoms with E-state index in [1.54, 1.807) is 7.11 Å². The SMILES string of the molecule is CCn1c(SCC(=O)Nc2ccc(OC)cc2)nnc1-c1ccc(C(C)(C)C)cc1. The summed E-state index contributed by atoms with van der Waals surface area (Å²) in [5.41, 5.74) is 3.14. The third-order valence-electron chi connectivity index (χ3n) is 4.75. The van der Waals surface area contributed by atoms with E-state index in [9.17, 15) is 4.79 Å². The lowest BCUT2D eigenvalue weighted by Gasteiger charge is -2.19. The van der Waals surface area contributed by atoms with Crippen LogP contribution in [0.1, 0.15) is 33.3 Å². The molecule has 0 unspecified atom stereocenters. The molecule has 30 heavy (non-hydrogen) atoms. The van der Waals surface area contributed by atoms with E-state index in [4.69, 9.17) is 4.74 Å². The van der Waals surface area contributed by atoms with Gasteiger partial charge in [-0.05, 0) is 42.2 Å². The second kappa shape index (κ2) is 9.34. The molecular formula is C23H28N4O2S. The number of aromatic nitrogens is 3. The summed E-state index contributed by atoms with van der Waals surface area (Å²) < 4.78 is 7.17. The Kier molecular flexibility index (Phi) is 6.82. The number of carbonyl (C=O) groups excluding carboxylic acids is 1. The van der Waals surface area contributed by atoms with Crippen molar-refractivity contribution in [2.24, 2.45) is 0 Å². The van der Waals surface area contributed by atoms with Crippen molar-refractivity contribution >= 4 is 23.4 Å². The van der Waals surface area contributed by atoms with Gasteiger partial charge in [0.1, 0.15) is 5.75 Å². The zero-order valence-electron chi connectivity index (χ0n) is 18.1. The Labute approximate surface area is 182 Å². The van der Waals surface area contributed by atoms with Crippen molar-refractivity contribution in [1.82, 2.24) is 14.8 Å². The number of thioether (sulfide) groups is 1. The number of amides is 1. The second-order valence-corrected chi connectivity index (χ2v) is 8.89. The predicted molar refractivity (Wildman–Crippen MR) is 122 cm³/mol. The van der Waals surface area contributed by atoms with Gasteiger partial charge in [0.05, 0.1) is 12.9 Å². The molecule has 1 N–H and O–H groups in total. The summed E-state index contributed by atoms with van der Waals surface area (Å²) in [7, 11) is 1.61. The quantitative estimate of drug-likeness (QED) is 0.541. The predicted octanol–water partition coefficient (Wildman–Crippen LogP) is 5.00. The van der Waals surface area contributed by atoms with Gasteiger partial charge in [0, 0.05) is 17.8 Å². The van der Waals surface area contributed by atoms with Crippen LogP contribution in [0.2, 0.25) is 0 Å². The first kappa shape index (κ1) is 21.9. The fourth-order valence-corrected chi connectivity index (χ4v) is 3.82. The number of hydrogen-bond acceptors (Lipinski definition) is 5. The fraction of sp³-hybridized carbons (Fsp3) is 0.348. The van der Waals surface area contributed by atoms with Gasteiger partial charge in [-0.25, -0.2) is 0 Å². The lowest BCUT2D eigenvalue weighted by molar-refractivity contribution is -0.113. The molecule has 6 nitrogen and oxygen atoms in total. The molecule has 1 aromatic heterocycles. The molecule has 0 spiro atoms. The van der Waals surface area contributed by atoms with Crippen molar-refractivity contribution in [1.29, 1.82) is 0 Å². The minimum Gasteiger partial charge on any atom is -0.497 e. The van der Waals surface area contributed by atoms with E-state index in [-0.39, 0.29) is 17.1 Å². The van der Waals surface area contributed by atoms with E-state index in [1.165, 1.54) is 17.3 Å². The zero-order chi connectivity index (χ0) is 21.7. The number of carbonyl (C=O) groups is 1. The van der Waals surface area contributed by atoms with Gasteiger partial charge in [0.2, 0.25) is 5.91 Å². The van der Waals surface area contributed by atoms with Gasteiger partial charge in [-0.1, -0.05) is 56.8 Å². The molecule has 0 aliphatic carbocycles. The Bertz CT molecular complexity index is 990. The van der Waals surface area contributed by atoms with Gasteiger partial charge in [0.15, 0.2) is 11.0 Å². The van der Waals surface area contributed by atoms with Crippen LogP contribution < -0.4 is 10.1 Å². The van der Waals surface area contributed by atoms with Gasteiger partial charge >= 0.3 is 0 Å². The summed E-state index contributed by atoms with van der Waals surface area (Å²) in [6.45, 7) is 9.37. The zero-order valence-corrected chi connectivity index (χ0v) is 18.9. The molecule has 0 saturated carbocycles. The molecule has 0 atom stereocenters. The fourth-order valence-electron chi connectivity index (χ4n) is 3.01. The van der Waals surface area contributed by atoms with E-state index < -0.39 is 0 Å². The standard InChI is InChI=1S/C23H28N4O2S/c1-6-27-21(16-7-9-17(10-8-16)23(2,3)4)25-26-22(27)30-15-20(28)24-18-11-13-19(29-5)14-12-18/h7-14H,6,15H2,1-5H3,(H,24,28). The summed E-state index contributed by atoms with van der Waals surface area (Å²) in [5.74, 6) is 1.73. The van der Waals surface area contributed by atoms with E-state index in [2.05, 4.69) is 67.5 Å². The van der Waals surface area contributed by atoms with Crippen LogP contribution in [0.4, 0.5) is 5.69 Å². The van der Waals surface area contributed by atoms with Crippen molar-refractivity contribution in [3.8, 4) is 17.1 Å². The van der Waals surface area contributed by atoms with Gasteiger partial charge in [0.25, 0.3) is 0 Å². The molecule has 7 heteroatoms. The summed E-state index contributed by atoms with van der Waals surface area (Å²) in [5, 5.41) is 12.3. The summed E-state index contributed by atoms with van der Waals surface area (Å²) in [6, 6.07) is 15.7. The van der Waals surface area contributed by atoms with Crippen LogP contribution >= 0.6 is 11.8 Å². The molecule has 0 bridgehead atoms. The Morgan fingerprint density at radius 3 is 2.30 bits per heavy atom. The highest BCUT2D eigenvalue weighted by Crippen LogP contribution is 2.27. The molecule has 0 saturated heterocycles. The first-order valence-electron chi connectivity index (χ1n) is 9.92. The maximum Gasteiger partial charge on any atom is 0.234 e. The number of hydrogen-bond donors (Lipinski definition) is 1. The highest BCUT2D eigenvalue weighted by atomic mass is 32.2. The topological polar surface area (TPSA) is 69.0 Å². The number of methoxy groups -OCH3 is 1. The Balaban J connectivity index is 1.67. The average molecular weight is 425 g/mol. The van der Waals surface area contributed by atoms with E-state index in [1.807, 2.05) is 28.8 Å². The highest BCUT2D eigenvalue weighted by Gasteiger charge is 2.17. The number of rotatable bonds is 7. The lowest BCUT2D eigenvalue weighted by Crippen LogP contribution is -2.14. The maximum absolute atomic E-state index is 12.3. The molecule has 2 aromatic carbocycles. The molecule has 0 fully saturated rings. The number of benzene rings is 2. The van der Waals surface area contributed by atoms with Crippen LogP contribution in [-0.2, 0) is 16.8 Å². The van der Waals surface area contributed by atoms with E-state index in [0.29, 0.717) is 0 Å². The Morgan fingerprint density at radius 1 is 1.07 bits per heavy atom. The third kappa shape index (κ3) is 5.21. The largest absolute Gasteiger partial charge is 0.497 e. The molecule has 1 amide bonds. The number of nitrogens with zero attached hydrogens (tertiary/aromatic N) is 3. The first-order chi connectivity index (χ1) is 14.3. The van der Waals surface area contributed by atoms with E-state index >= 15 is 0 Å². The minimum absolute atomic E-state index is 0.0908. The molecule has 1 heterocycles. The van der Waals surface area contributed by atoms with Crippen LogP contribution in [0.5, 0.6) is 5.75 Å². The minimum atomic E-state index is -0.0908. The van der Waals surface area contributed by atoms with Crippen LogP contribution in [-0.4, -0.2) is 33.5 Å². The Morgan fingerprint density at radius 2 is 1.73 bits per heavy atom. The van der Waals surface area contributed by atoms with Gasteiger partial charge in [-0.3, -0.25) is 4.79 Å². The lowest BCUT2D eigenvalue weighted by atomic mass is 9.87. The second-order valence-electron chi connectivity index (χ2n) is 7.94. The average Bonchev–Trinajstić information content (AvgIpc) is 3.15. The Hall–Kier alpha value is -2.80. The molecule has 3 aromatic rings. The molecule has 0 aliphatic heterocycles. The summed E-state index contributed by atoms with van der Waals surface area (Å²) >= 11 is 1.38. The van der Waals surface area contributed by atoms with Crippen LogP contribution in [0.25, 0.3) is 11.4 Å². The van der Waals surface area contributed by atoms with Crippen molar-refractivity contribution < 1.29 is 9.53 Å². The smallest absolute Gasteiger partial charge is 0.234 e. The highest BCUT2D eigenvalue weighted by molar-refractivity contribution is 7.99. The van der Waals surface area contributed by atoms with Gasteiger partial charge in [-0.15, -0.1) is 10.2 Å². The van der Waals surface area contributed by atoms with Crippen molar-refractivity contribution in [2.75, 3.05) is 18.2 Å². The molecule has 0 aliphatic rings. The first-order valence-corrected chi connectivity index (χ1v) is 10.9. The van der Waals surface area contributed by atoms with Crippen LogP contribution in [0.15, 0.2) is 53.7 Å². The molecule has 3 rings (SSSR count). The monoisotopic (exact) mass is 424 g/mol. The van der Waals surface area contributed by atoms with Crippen molar-refractivity contribution in [2.45, 2.75) is 44.8 Å². The maximum atomic E-state index is 12.3.